The van der Waals surface area contributed by atoms with Crippen molar-refractivity contribution in [2.45, 2.75) is 4.90 Å². The monoisotopic (exact) mass is 418 g/mol. The summed E-state index contributed by atoms with van der Waals surface area (Å²) in [6.45, 7) is 0. The number of ether oxygens (including phenoxy) is 1. The molecule has 6 nitrogen and oxygen atoms in total. The van der Waals surface area contributed by atoms with Gasteiger partial charge in [-0.25, -0.2) is 0 Å². The summed E-state index contributed by atoms with van der Waals surface area (Å²) < 4.78 is 5.67. The van der Waals surface area contributed by atoms with Crippen LogP contribution in [0.15, 0.2) is 52.3 Å². The second-order valence-electron chi connectivity index (χ2n) is 5.40. The van der Waals surface area contributed by atoms with Crippen molar-refractivity contribution in [1.82, 2.24) is 0 Å². The van der Waals surface area contributed by atoms with Crippen LogP contribution < -0.4 is 9.64 Å². The average Bonchev–Trinajstić information content (AvgIpc) is 2.94. The van der Waals surface area contributed by atoms with Crippen LogP contribution in [0.5, 0.6) is 5.75 Å². The Labute approximate surface area is 169 Å². The van der Waals surface area contributed by atoms with Crippen molar-refractivity contribution in [3.05, 3.63) is 63.0 Å². The zero-order valence-electron chi connectivity index (χ0n) is 14.4. The number of hydrogen-bond donors (Lipinski definition) is 0. The third-order valence-electron chi connectivity index (χ3n) is 3.82. The summed E-state index contributed by atoms with van der Waals surface area (Å²) in [5.41, 5.74) is 1.06. The Morgan fingerprint density at radius 2 is 2.07 bits per heavy atom. The summed E-state index contributed by atoms with van der Waals surface area (Å²) in [5.74, 6) is 0.173. The lowest BCUT2D eigenvalue weighted by molar-refractivity contribution is -0.384. The summed E-state index contributed by atoms with van der Waals surface area (Å²) in [6.07, 6.45) is 3.53. The van der Waals surface area contributed by atoms with Crippen LogP contribution in [0.3, 0.4) is 0 Å². The fourth-order valence-corrected chi connectivity index (χ4v) is 4.27. The van der Waals surface area contributed by atoms with Gasteiger partial charge in [0.1, 0.15) is 5.75 Å². The maximum Gasteiger partial charge on any atom is 0.270 e. The van der Waals surface area contributed by atoms with Crippen molar-refractivity contribution in [3.8, 4) is 5.75 Å². The first-order valence-electron chi connectivity index (χ1n) is 7.69. The van der Waals surface area contributed by atoms with Gasteiger partial charge < -0.3 is 4.74 Å². The van der Waals surface area contributed by atoms with Gasteiger partial charge in [-0.3, -0.25) is 19.8 Å². The lowest BCUT2D eigenvalue weighted by atomic mass is 10.1. The van der Waals surface area contributed by atoms with Crippen LogP contribution in [0.4, 0.5) is 11.4 Å². The number of carbonyl (C=O) groups is 1. The van der Waals surface area contributed by atoms with Gasteiger partial charge in [0.2, 0.25) is 0 Å². The highest BCUT2D eigenvalue weighted by Gasteiger charge is 2.33. The highest BCUT2D eigenvalue weighted by molar-refractivity contribution is 8.27. The van der Waals surface area contributed by atoms with E-state index >= 15 is 0 Å². The van der Waals surface area contributed by atoms with Crippen molar-refractivity contribution in [3.63, 3.8) is 0 Å². The zero-order chi connectivity index (χ0) is 19.6. The standard InChI is InChI=1S/C18H14N2O4S3/c1-24-15-7-6-13(20(22)23)8-11(15)9-16-17(21)19(18(25)27-16)12-4-3-5-14(10-12)26-2/h3-10H,1-2H3/b16-9+. The second-order valence-corrected chi connectivity index (χ2v) is 7.96. The third kappa shape index (κ3) is 4.00. The first-order valence-corrected chi connectivity index (χ1v) is 10.1. The van der Waals surface area contributed by atoms with Gasteiger partial charge in [-0.1, -0.05) is 30.0 Å². The molecule has 0 unspecified atom stereocenters. The van der Waals surface area contributed by atoms with Gasteiger partial charge in [-0.2, -0.15) is 0 Å². The molecule has 0 bridgehead atoms. The predicted octanol–water partition coefficient (Wildman–Crippen LogP) is 4.73. The van der Waals surface area contributed by atoms with Crippen LogP contribution in [0, 0.1) is 10.1 Å². The number of nitro benzene ring substituents is 1. The molecule has 0 saturated carbocycles. The molecule has 0 aromatic heterocycles. The maximum atomic E-state index is 12.9. The SMILES string of the molecule is COc1ccc([N+](=O)[O-])cc1/C=C1/SC(=S)N(c2cccc(SC)c2)C1=O. The molecule has 0 aliphatic carbocycles. The molecule has 2 aromatic carbocycles. The molecule has 0 radical (unpaired) electrons. The fourth-order valence-electron chi connectivity index (χ4n) is 2.53. The first kappa shape index (κ1) is 19.4. The number of anilines is 1. The molecule has 9 heteroatoms. The topological polar surface area (TPSA) is 72.7 Å². The van der Waals surface area contributed by atoms with E-state index in [1.165, 1.54) is 30.2 Å². The van der Waals surface area contributed by atoms with E-state index in [2.05, 4.69) is 0 Å². The molecule has 2 aromatic rings. The minimum absolute atomic E-state index is 0.0785. The van der Waals surface area contributed by atoms with Gasteiger partial charge >= 0.3 is 0 Å². The van der Waals surface area contributed by atoms with E-state index < -0.39 is 4.92 Å². The van der Waals surface area contributed by atoms with Crippen molar-refractivity contribution in [2.75, 3.05) is 18.3 Å². The number of nitrogens with zero attached hydrogens (tertiary/aromatic N) is 2. The Morgan fingerprint density at radius 1 is 1.30 bits per heavy atom. The van der Waals surface area contributed by atoms with Crippen molar-refractivity contribution in [2.24, 2.45) is 0 Å². The number of thioether (sulfide) groups is 2. The van der Waals surface area contributed by atoms with E-state index in [0.29, 0.717) is 26.2 Å². The molecule has 0 atom stereocenters. The lowest BCUT2D eigenvalue weighted by Crippen LogP contribution is -2.27. The Kier molecular flexibility index (Phi) is 5.83. The fraction of sp³-hybridized carbons (Fsp3) is 0.111. The molecule has 1 heterocycles. The highest BCUT2D eigenvalue weighted by atomic mass is 32.2. The second kappa shape index (κ2) is 8.12. The number of hydrogen-bond acceptors (Lipinski definition) is 7. The zero-order valence-corrected chi connectivity index (χ0v) is 16.8. The van der Waals surface area contributed by atoms with E-state index in [4.69, 9.17) is 17.0 Å². The molecular formula is C18H14N2O4S3. The van der Waals surface area contributed by atoms with Crippen LogP contribution in [-0.4, -0.2) is 28.5 Å². The first-order chi connectivity index (χ1) is 12.9. The number of thiocarbonyl (C=S) groups is 1. The number of methoxy groups -OCH3 is 1. The number of rotatable bonds is 5. The molecule has 0 N–H and O–H groups in total. The number of nitro groups is 1. The Hall–Kier alpha value is -2.36. The molecule has 138 valence electrons. The van der Waals surface area contributed by atoms with Crippen LogP contribution in [0.2, 0.25) is 0 Å². The van der Waals surface area contributed by atoms with E-state index in [9.17, 15) is 14.9 Å². The molecular weight excluding hydrogens is 404 g/mol. The van der Waals surface area contributed by atoms with Crippen LogP contribution in [-0.2, 0) is 4.79 Å². The van der Waals surface area contributed by atoms with E-state index in [-0.39, 0.29) is 11.6 Å². The number of non-ortho nitro benzene ring substituents is 1. The van der Waals surface area contributed by atoms with Crippen molar-refractivity contribution >= 4 is 63.4 Å². The largest absolute Gasteiger partial charge is 0.496 e. The predicted molar refractivity (Wildman–Crippen MR) is 114 cm³/mol. The smallest absolute Gasteiger partial charge is 0.270 e. The van der Waals surface area contributed by atoms with Gasteiger partial charge in [0.25, 0.3) is 11.6 Å². The minimum Gasteiger partial charge on any atom is -0.496 e. The van der Waals surface area contributed by atoms with Gasteiger partial charge in [-0.15, -0.1) is 11.8 Å². The van der Waals surface area contributed by atoms with E-state index in [0.717, 1.165) is 16.7 Å². The molecule has 1 saturated heterocycles. The number of benzene rings is 2. The third-order valence-corrected chi connectivity index (χ3v) is 5.84. The average molecular weight is 419 g/mol. The molecule has 27 heavy (non-hydrogen) atoms. The molecule has 1 aliphatic rings. The van der Waals surface area contributed by atoms with Crippen molar-refractivity contribution < 1.29 is 14.5 Å². The highest BCUT2D eigenvalue weighted by Crippen LogP contribution is 2.38. The molecule has 1 fully saturated rings. The molecule has 0 spiro atoms. The normalized spacial score (nSPS) is 15.5. The number of amides is 1. The van der Waals surface area contributed by atoms with Gasteiger partial charge in [-0.05, 0) is 36.6 Å². The lowest BCUT2D eigenvalue weighted by Gasteiger charge is -2.15. The van der Waals surface area contributed by atoms with Gasteiger partial charge in [0.15, 0.2) is 4.32 Å². The van der Waals surface area contributed by atoms with Gasteiger partial charge in [0, 0.05) is 22.6 Å². The van der Waals surface area contributed by atoms with Crippen LogP contribution in [0.1, 0.15) is 5.56 Å². The molecule has 1 amide bonds. The summed E-state index contributed by atoms with van der Waals surface area (Å²) in [5, 5.41) is 11.0. The summed E-state index contributed by atoms with van der Waals surface area (Å²) in [6, 6.07) is 11.8. The molecule has 1 aliphatic heterocycles. The Bertz CT molecular complexity index is 975. The van der Waals surface area contributed by atoms with E-state index in [1.807, 2.05) is 30.5 Å². The number of carbonyl (C=O) groups excluding carboxylic acids is 1. The summed E-state index contributed by atoms with van der Waals surface area (Å²) in [7, 11) is 1.47. The van der Waals surface area contributed by atoms with Gasteiger partial charge in [0.05, 0.1) is 22.6 Å². The Balaban J connectivity index is 1.99. The Morgan fingerprint density at radius 3 is 2.74 bits per heavy atom. The summed E-state index contributed by atoms with van der Waals surface area (Å²) >= 11 is 8.11. The molecule has 3 rings (SSSR count). The van der Waals surface area contributed by atoms with Crippen LogP contribution in [0.25, 0.3) is 6.08 Å². The van der Waals surface area contributed by atoms with E-state index in [1.54, 1.807) is 17.8 Å². The minimum atomic E-state index is -0.490. The van der Waals surface area contributed by atoms with Crippen LogP contribution >= 0.6 is 35.7 Å². The quantitative estimate of drug-likeness (QED) is 0.228. The summed E-state index contributed by atoms with van der Waals surface area (Å²) in [4.78, 5) is 26.3. The van der Waals surface area contributed by atoms with Crippen molar-refractivity contribution in [1.29, 1.82) is 0 Å². The maximum absolute atomic E-state index is 12.9.